The minimum absolute atomic E-state index is 0.227. The number of ether oxygens (including phenoxy) is 1. The van der Waals surface area contributed by atoms with Crippen LogP contribution in [0.2, 0.25) is 0 Å². The fourth-order valence-electron chi connectivity index (χ4n) is 2.85. The minimum atomic E-state index is -0.227. The van der Waals surface area contributed by atoms with E-state index in [1.807, 2.05) is 0 Å². The molecule has 0 bridgehead atoms. The second kappa shape index (κ2) is 6.50. The number of carbonyl (C=O) groups excluding carboxylic acids is 1. The Bertz CT molecular complexity index is 277. The quantitative estimate of drug-likeness (QED) is 0.731. The van der Waals surface area contributed by atoms with Crippen molar-refractivity contribution < 1.29 is 9.53 Å². The Morgan fingerprint density at radius 3 is 2.61 bits per heavy atom. The molecule has 2 aliphatic heterocycles. The van der Waals surface area contributed by atoms with Crippen LogP contribution in [-0.2, 0) is 9.53 Å². The number of piperidine rings is 1. The SMILES string of the molecule is CC1CCC(CNC2CCN(CC(N)=O)CC2)O1. The van der Waals surface area contributed by atoms with Gasteiger partial charge in [0.25, 0.3) is 0 Å². The third-order valence-corrected chi connectivity index (χ3v) is 3.92. The van der Waals surface area contributed by atoms with Crippen LogP contribution in [0.4, 0.5) is 0 Å². The summed E-state index contributed by atoms with van der Waals surface area (Å²) in [7, 11) is 0. The van der Waals surface area contributed by atoms with Gasteiger partial charge in [-0.25, -0.2) is 0 Å². The van der Waals surface area contributed by atoms with Gasteiger partial charge in [-0.1, -0.05) is 0 Å². The zero-order chi connectivity index (χ0) is 13.0. The average molecular weight is 255 g/mol. The number of primary amides is 1. The lowest BCUT2D eigenvalue weighted by molar-refractivity contribution is -0.119. The van der Waals surface area contributed by atoms with E-state index in [1.165, 1.54) is 12.8 Å². The highest BCUT2D eigenvalue weighted by atomic mass is 16.5. The van der Waals surface area contributed by atoms with Crippen LogP contribution in [0.5, 0.6) is 0 Å². The Labute approximate surface area is 109 Å². The highest BCUT2D eigenvalue weighted by Crippen LogP contribution is 2.19. The van der Waals surface area contributed by atoms with Crippen LogP contribution in [0.3, 0.4) is 0 Å². The molecule has 0 aliphatic carbocycles. The van der Waals surface area contributed by atoms with Crippen molar-refractivity contribution in [3.8, 4) is 0 Å². The first-order chi connectivity index (χ1) is 8.63. The summed E-state index contributed by atoms with van der Waals surface area (Å²) in [6.07, 6.45) is 5.36. The number of likely N-dealkylation sites (tertiary alicyclic amines) is 1. The number of carbonyl (C=O) groups is 1. The maximum atomic E-state index is 10.8. The number of nitrogens with zero attached hydrogens (tertiary/aromatic N) is 1. The van der Waals surface area contributed by atoms with Crippen LogP contribution >= 0.6 is 0 Å². The largest absolute Gasteiger partial charge is 0.374 e. The predicted molar refractivity (Wildman–Crippen MR) is 70.2 cm³/mol. The van der Waals surface area contributed by atoms with E-state index >= 15 is 0 Å². The second-order valence-corrected chi connectivity index (χ2v) is 5.57. The van der Waals surface area contributed by atoms with Crippen LogP contribution in [0, 0.1) is 0 Å². The molecule has 0 aromatic heterocycles. The molecule has 18 heavy (non-hydrogen) atoms. The standard InChI is InChI=1S/C13H25N3O2/c1-10-2-3-12(18-10)8-15-11-4-6-16(7-5-11)9-13(14)17/h10-12,15H,2-9H2,1H3,(H2,14,17). The molecule has 0 saturated carbocycles. The molecule has 2 fully saturated rings. The first kappa shape index (κ1) is 13.8. The van der Waals surface area contributed by atoms with Gasteiger partial charge in [-0.3, -0.25) is 9.69 Å². The van der Waals surface area contributed by atoms with Crippen molar-refractivity contribution in [1.29, 1.82) is 0 Å². The van der Waals surface area contributed by atoms with Gasteiger partial charge in [-0.15, -0.1) is 0 Å². The van der Waals surface area contributed by atoms with Crippen molar-refractivity contribution >= 4 is 5.91 Å². The molecule has 1 amide bonds. The molecule has 0 radical (unpaired) electrons. The Morgan fingerprint density at radius 1 is 1.33 bits per heavy atom. The second-order valence-electron chi connectivity index (χ2n) is 5.57. The van der Waals surface area contributed by atoms with Gasteiger partial charge in [0.15, 0.2) is 0 Å². The van der Waals surface area contributed by atoms with Crippen LogP contribution in [0.25, 0.3) is 0 Å². The Hall–Kier alpha value is -0.650. The minimum Gasteiger partial charge on any atom is -0.374 e. The normalized spacial score (nSPS) is 30.7. The number of hydrogen-bond acceptors (Lipinski definition) is 4. The summed E-state index contributed by atoms with van der Waals surface area (Å²) >= 11 is 0. The van der Waals surface area contributed by atoms with Crippen LogP contribution in [0.1, 0.15) is 32.6 Å². The topological polar surface area (TPSA) is 67.6 Å². The third-order valence-electron chi connectivity index (χ3n) is 3.92. The molecule has 0 aromatic carbocycles. The molecule has 104 valence electrons. The van der Waals surface area contributed by atoms with Crippen molar-refractivity contribution in [3.63, 3.8) is 0 Å². The van der Waals surface area contributed by atoms with Crippen molar-refractivity contribution in [1.82, 2.24) is 10.2 Å². The zero-order valence-corrected chi connectivity index (χ0v) is 11.2. The van der Waals surface area contributed by atoms with Crippen LogP contribution < -0.4 is 11.1 Å². The van der Waals surface area contributed by atoms with Crippen molar-refractivity contribution in [2.45, 2.75) is 50.9 Å². The lowest BCUT2D eigenvalue weighted by atomic mass is 10.0. The highest BCUT2D eigenvalue weighted by Gasteiger charge is 2.24. The van der Waals surface area contributed by atoms with E-state index in [-0.39, 0.29) is 5.91 Å². The van der Waals surface area contributed by atoms with Gasteiger partial charge in [0.1, 0.15) is 0 Å². The first-order valence-corrected chi connectivity index (χ1v) is 7.03. The van der Waals surface area contributed by atoms with Crippen molar-refractivity contribution in [2.75, 3.05) is 26.2 Å². The predicted octanol–water partition coefficient (Wildman–Crippen LogP) is 0.0932. The van der Waals surface area contributed by atoms with Crippen LogP contribution in [0.15, 0.2) is 0 Å². The molecule has 2 aliphatic rings. The fraction of sp³-hybridized carbons (Fsp3) is 0.923. The van der Waals surface area contributed by atoms with E-state index in [4.69, 9.17) is 10.5 Å². The highest BCUT2D eigenvalue weighted by molar-refractivity contribution is 5.75. The van der Waals surface area contributed by atoms with E-state index in [2.05, 4.69) is 17.1 Å². The Kier molecular flexibility index (Phi) is 4.97. The summed E-state index contributed by atoms with van der Waals surface area (Å²) in [5.41, 5.74) is 5.20. The van der Waals surface area contributed by atoms with Crippen molar-refractivity contribution in [3.05, 3.63) is 0 Å². The number of nitrogens with one attached hydrogen (secondary N) is 1. The molecule has 5 heteroatoms. The number of nitrogens with two attached hydrogens (primary N) is 1. The molecule has 2 heterocycles. The zero-order valence-electron chi connectivity index (χ0n) is 11.2. The van der Waals surface area contributed by atoms with E-state index in [0.29, 0.717) is 24.8 Å². The number of amides is 1. The summed E-state index contributed by atoms with van der Waals surface area (Å²) in [5, 5.41) is 3.59. The van der Waals surface area contributed by atoms with Gasteiger partial charge in [0.05, 0.1) is 18.8 Å². The van der Waals surface area contributed by atoms with Gasteiger partial charge in [-0.05, 0) is 32.6 Å². The number of hydrogen-bond donors (Lipinski definition) is 2. The van der Waals surface area contributed by atoms with Gasteiger partial charge < -0.3 is 15.8 Å². The maximum absolute atomic E-state index is 10.8. The molecule has 5 nitrogen and oxygen atoms in total. The lowest BCUT2D eigenvalue weighted by Gasteiger charge is -2.32. The maximum Gasteiger partial charge on any atom is 0.231 e. The summed E-state index contributed by atoms with van der Waals surface area (Å²) in [4.78, 5) is 13.0. The summed E-state index contributed by atoms with van der Waals surface area (Å²) in [5.74, 6) is -0.227. The smallest absolute Gasteiger partial charge is 0.231 e. The van der Waals surface area contributed by atoms with E-state index in [0.717, 1.165) is 32.5 Å². The van der Waals surface area contributed by atoms with E-state index < -0.39 is 0 Å². The Balaban J connectivity index is 1.60. The number of rotatable bonds is 5. The molecule has 2 rings (SSSR count). The summed E-state index contributed by atoms with van der Waals surface area (Å²) in [6.45, 7) is 5.42. The Morgan fingerprint density at radius 2 is 2.06 bits per heavy atom. The van der Waals surface area contributed by atoms with Crippen LogP contribution in [-0.4, -0.2) is 55.2 Å². The monoisotopic (exact) mass is 255 g/mol. The molecule has 2 unspecified atom stereocenters. The van der Waals surface area contributed by atoms with Gasteiger partial charge in [-0.2, -0.15) is 0 Å². The first-order valence-electron chi connectivity index (χ1n) is 7.03. The molecular formula is C13H25N3O2. The van der Waals surface area contributed by atoms with E-state index in [1.54, 1.807) is 0 Å². The molecule has 0 spiro atoms. The van der Waals surface area contributed by atoms with Crippen molar-refractivity contribution in [2.24, 2.45) is 5.73 Å². The average Bonchev–Trinajstić information content (AvgIpc) is 2.74. The van der Waals surface area contributed by atoms with E-state index in [9.17, 15) is 4.79 Å². The molecule has 3 N–H and O–H groups in total. The molecular weight excluding hydrogens is 230 g/mol. The molecule has 2 saturated heterocycles. The summed E-state index contributed by atoms with van der Waals surface area (Å²) in [6, 6.07) is 0.564. The fourth-order valence-corrected chi connectivity index (χ4v) is 2.85. The molecule has 0 aromatic rings. The molecule has 2 atom stereocenters. The lowest BCUT2D eigenvalue weighted by Crippen LogP contribution is -2.46. The summed E-state index contributed by atoms with van der Waals surface area (Å²) < 4.78 is 5.79. The third kappa shape index (κ3) is 4.23. The van der Waals surface area contributed by atoms with Gasteiger partial charge >= 0.3 is 0 Å². The van der Waals surface area contributed by atoms with Gasteiger partial charge in [0.2, 0.25) is 5.91 Å². The van der Waals surface area contributed by atoms with Gasteiger partial charge in [0, 0.05) is 25.7 Å².